The van der Waals surface area contributed by atoms with Gasteiger partial charge in [-0.25, -0.2) is 4.68 Å². The summed E-state index contributed by atoms with van der Waals surface area (Å²) >= 11 is 0. The second-order valence-corrected chi connectivity index (χ2v) is 6.10. The average molecular weight is 315 g/mol. The lowest BCUT2D eigenvalue weighted by molar-refractivity contribution is 0.0719. The third kappa shape index (κ3) is 2.54. The van der Waals surface area contributed by atoms with Gasteiger partial charge in [0.25, 0.3) is 11.5 Å². The highest BCUT2D eigenvalue weighted by atomic mass is 16.5. The molecule has 0 bridgehead atoms. The molecule has 120 valence electrons. The molecule has 0 radical (unpaired) electrons. The Balaban J connectivity index is 1.59. The number of amides is 1. The fraction of sp³-hybridized carbons (Fsp3) is 0.533. The summed E-state index contributed by atoms with van der Waals surface area (Å²) in [5.41, 5.74) is 0.0108. The van der Waals surface area contributed by atoms with Crippen LogP contribution >= 0.6 is 0 Å². The zero-order chi connectivity index (χ0) is 16.0. The van der Waals surface area contributed by atoms with Gasteiger partial charge in [0.2, 0.25) is 5.89 Å². The first-order valence-corrected chi connectivity index (χ1v) is 7.82. The summed E-state index contributed by atoms with van der Waals surface area (Å²) in [7, 11) is 1.53. The largest absolute Gasteiger partial charge is 0.339 e. The van der Waals surface area contributed by atoms with Gasteiger partial charge in [0.1, 0.15) is 5.69 Å². The van der Waals surface area contributed by atoms with E-state index in [9.17, 15) is 9.59 Å². The number of aryl methyl sites for hydroxylation is 1. The number of nitrogens with zero attached hydrogens (tertiary/aromatic N) is 5. The van der Waals surface area contributed by atoms with Crippen LogP contribution in [0.5, 0.6) is 0 Å². The van der Waals surface area contributed by atoms with Crippen molar-refractivity contribution in [2.75, 3.05) is 6.54 Å². The monoisotopic (exact) mass is 315 g/mol. The Kier molecular flexibility index (Phi) is 3.24. The molecule has 0 spiro atoms. The second kappa shape index (κ2) is 5.29. The summed E-state index contributed by atoms with van der Waals surface area (Å²) < 4.78 is 6.47. The Bertz CT molecular complexity index is 807. The summed E-state index contributed by atoms with van der Waals surface area (Å²) in [5, 5.41) is 8.10. The highest BCUT2D eigenvalue weighted by molar-refractivity contribution is 5.92. The van der Waals surface area contributed by atoms with E-state index in [1.807, 2.05) is 0 Å². The lowest BCUT2D eigenvalue weighted by Gasteiger charge is -2.21. The number of carbonyl (C=O) groups is 1. The van der Waals surface area contributed by atoms with Gasteiger partial charge in [-0.2, -0.15) is 10.1 Å². The van der Waals surface area contributed by atoms with E-state index in [1.165, 1.54) is 19.2 Å². The van der Waals surface area contributed by atoms with E-state index in [1.54, 1.807) is 4.90 Å². The molecule has 0 unspecified atom stereocenters. The highest BCUT2D eigenvalue weighted by Crippen LogP contribution is 2.40. The maximum atomic E-state index is 12.7. The molecule has 1 atom stereocenters. The summed E-state index contributed by atoms with van der Waals surface area (Å²) in [6, 6.07) is 2.63. The molecule has 0 aromatic carbocycles. The molecular weight excluding hydrogens is 298 g/mol. The van der Waals surface area contributed by atoms with Crippen molar-refractivity contribution in [3.63, 3.8) is 0 Å². The Morgan fingerprint density at radius 3 is 2.87 bits per heavy atom. The molecule has 8 nitrogen and oxygen atoms in total. The van der Waals surface area contributed by atoms with Crippen LogP contribution in [0.1, 0.15) is 59.8 Å². The molecule has 2 fully saturated rings. The predicted octanol–water partition coefficient (Wildman–Crippen LogP) is 1.02. The first kappa shape index (κ1) is 14.1. The molecule has 2 aliphatic rings. The zero-order valence-corrected chi connectivity index (χ0v) is 12.8. The first-order valence-electron chi connectivity index (χ1n) is 7.82. The molecule has 3 heterocycles. The van der Waals surface area contributed by atoms with Crippen LogP contribution in [0.4, 0.5) is 0 Å². The highest BCUT2D eigenvalue weighted by Gasteiger charge is 2.36. The predicted molar refractivity (Wildman–Crippen MR) is 78.8 cm³/mol. The van der Waals surface area contributed by atoms with Crippen molar-refractivity contribution in [3.05, 3.63) is 39.9 Å². The minimum Gasteiger partial charge on any atom is -0.339 e. The van der Waals surface area contributed by atoms with Gasteiger partial charge < -0.3 is 9.42 Å². The maximum absolute atomic E-state index is 12.7. The van der Waals surface area contributed by atoms with Crippen molar-refractivity contribution >= 4 is 5.91 Å². The van der Waals surface area contributed by atoms with Gasteiger partial charge >= 0.3 is 0 Å². The Hall–Kier alpha value is -2.51. The van der Waals surface area contributed by atoms with Crippen LogP contribution in [-0.4, -0.2) is 37.3 Å². The van der Waals surface area contributed by atoms with Gasteiger partial charge in [0, 0.05) is 25.6 Å². The van der Waals surface area contributed by atoms with Crippen LogP contribution < -0.4 is 5.56 Å². The second-order valence-electron chi connectivity index (χ2n) is 6.10. The Morgan fingerprint density at radius 2 is 2.13 bits per heavy atom. The van der Waals surface area contributed by atoms with Crippen LogP contribution in [0, 0.1) is 0 Å². The fourth-order valence-electron chi connectivity index (χ4n) is 2.92. The number of carbonyl (C=O) groups excluding carboxylic acids is 1. The van der Waals surface area contributed by atoms with Crippen LogP contribution in [0.2, 0.25) is 0 Å². The van der Waals surface area contributed by atoms with Gasteiger partial charge in [0.15, 0.2) is 5.82 Å². The van der Waals surface area contributed by atoms with Crippen molar-refractivity contribution in [3.8, 4) is 0 Å². The van der Waals surface area contributed by atoms with E-state index in [0.29, 0.717) is 24.2 Å². The smallest absolute Gasteiger partial charge is 0.274 e. The number of hydrogen-bond donors (Lipinski definition) is 0. The molecule has 2 aromatic heterocycles. The normalized spacial score (nSPS) is 20.9. The Morgan fingerprint density at radius 1 is 1.30 bits per heavy atom. The molecule has 1 aliphatic carbocycles. The molecular formula is C15H17N5O3. The fourth-order valence-corrected chi connectivity index (χ4v) is 2.92. The van der Waals surface area contributed by atoms with Crippen LogP contribution in [0.25, 0.3) is 0 Å². The Labute approximate surface area is 132 Å². The quantitative estimate of drug-likeness (QED) is 0.839. The zero-order valence-electron chi connectivity index (χ0n) is 12.8. The minimum atomic E-state index is -0.244. The molecule has 4 rings (SSSR count). The average Bonchev–Trinajstić information content (AvgIpc) is 3.09. The lowest BCUT2D eigenvalue weighted by Crippen LogP contribution is -2.33. The summed E-state index contributed by atoms with van der Waals surface area (Å²) in [6.45, 7) is 0.626. The van der Waals surface area contributed by atoms with E-state index in [2.05, 4.69) is 15.2 Å². The topological polar surface area (TPSA) is 94.1 Å². The minimum absolute atomic E-state index is 0.183. The van der Waals surface area contributed by atoms with Crippen molar-refractivity contribution in [2.45, 2.75) is 37.6 Å². The van der Waals surface area contributed by atoms with Gasteiger partial charge in [0.05, 0.1) is 6.04 Å². The van der Waals surface area contributed by atoms with E-state index in [4.69, 9.17) is 4.52 Å². The van der Waals surface area contributed by atoms with E-state index >= 15 is 0 Å². The lowest BCUT2D eigenvalue weighted by atomic mass is 10.2. The van der Waals surface area contributed by atoms with Gasteiger partial charge in [-0.3, -0.25) is 9.59 Å². The van der Waals surface area contributed by atoms with Crippen molar-refractivity contribution < 1.29 is 9.32 Å². The van der Waals surface area contributed by atoms with E-state index in [-0.39, 0.29) is 23.2 Å². The number of aromatic nitrogens is 4. The van der Waals surface area contributed by atoms with Crippen LogP contribution in [-0.2, 0) is 7.05 Å². The molecule has 1 saturated heterocycles. The van der Waals surface area contributed by atoms with Gasteiger partial charge in [-0.05, 0) is 31.7 Å². The third-order valence-corrected chi connectivity index (χ3v) is 4.38. The van der Waals surface area contributed by atoms with Gasteiger partial charge in [-0.1, -0.05) is 5.16 Å². The standard InChI is InChI=1S/C15H17N5O3/c1-19-12(21)7-6-10(17-19)15(22)20-8-2-3-11(20)13-16-14(23-18-13)9-4-5-9/h6-7,9,11H,2-5,8H2,1H3/t11-/m0/s1. The molecule has 23 heavy (non-hydrogen) atoms. The first-order chi connectivity index (χ1) is 11.1. The summed E-state index contributed by atoms with van der Waals surface area (Å²) in [6.07, 6.45) is 3.88. The van der Waals surface area contributed by atoms with Gasteiger partial charge in [-0.15, -0.1) is 0 Å². The van der Waals surface area contributed by atoms with Crippen LogP contribution in [0.15, 0.2) is 21.5 Å². The van der Waals surface area contributed by atoms with E-state index in [0.717, 1.165) is 30.4 Å². The molecule has 1 aliphatic heterocycles. The number of rotatable bonds is 3. The van der Waals surface area contributed by atoms with Crippen molar-refractivity contribution in [2.24, 2.45) is 7.05 Å². The molecule has 1 saturated carbocycles. The number of hydrogen-bond acceptors (Lipinski definition) is 6. The van der Waals surface area contributed by atoms with Crippen LogP contribution in [0.3, 0.4) is 0 Å². The molecule has 1 amide bonds. The summed E-state index contributed by atoms with van der Waals surface area (Å²) in [4.78, 5) is 30.3. The summed E-state index contributed by atoms with van der Waals surface area (Å²) in [5.74, 6) is 1.44. The molecule has 0 N–H and O–H groups in total. The third-order valence-electron chi connectivity index (χ3n) is 4.38. The van der Waals surface area contributed by atoms with Crippen molar-refractivity contribution in [1.29, 1.82) is 0 Å². The SMILES string of the molecule is Cn1nc(C(=O)N2CCC[C@H]2c2noc(C3CC3)n2)ccc1=O. The number of likely N-dealkylation sites (tertiary alicyclic amines) is 1. The van der Waals surface area contributed by atoms with E-state index < -0.39 is 0 Å². The maximum Gasteiger partial charge on any atom is 0.274 e. The van der Waals surface area contributed by atoms with Crippen molar-refractivity contribution in [1.82, 2.24) is 24.8 Å². The molecule has 8 heteroatoms. The molecule has 2 aromatic rings.